The molecule has 0 radical (unpaired) electrons. The molecule has 1 fully saturated rings. The quantitative estimate of drug-likeness (QED) is 0.789. The van der Waals surface area contributed by atoms with Crippen molar-refractivity contribution >= 4 is 5.91 Å². The fraction of sp³-hybridized carbons (Fsp3) is 0.900. The topological polar surface area (TPSA) is 46.3 Å². The molecule has 0 bridgehead atoms. The van der Waals surface area contributed by atoms with E-state index in [1.54, 1.807) is 6.92 Å². The second-order valence-electron chi connectivity index (χ2n) is 4.29. The van der Waals surface area contributed by atoms with Gasteiger partial charge in [-0.15, -0.1) is 0 Å². The van der Waals surface area contributed by atoms with Crippen molar-refractivity contribution in [3.8, 4) is 0 Å². The number of carbonyl (C=O) groups is 1. The van der Waals surface area contributed by atoms with Gasteiger partial charge in [-0.2, -0.15) is 13.2 Å². The molecule has 6 heteroatoms. The highest BCUT2D eigenvalue weighted by Gasteiger charge is 2.41. The van der Waals surface area contributed by atoms with E-state index >= 15 is 0 Å². The molecule has 0 aliphatic heterocycles. The number of halogens is 3. The van der Waals surface area contributed by atoms with E-state index in [4.69, 9.17) is 5.73 Å². The molecule has 1 rings (SSSR count). The average molecular weight is 238 g/mol. The Morgan fingerprint density at radius 1 is 1.50 bits per heavy atom. The number of hydrogen-bond donors (Lipinski definition) is 1. The lowest BCUT2D eigenvalue weighted by Crippen LogP contribution is -2.43. The van der Waals surface area contributed by atoms with E-state index in [9.17, 15) is 18.0 Å². The lowest BCUT2D eigenvalue weighted by molar-refractivity contribution is -0.164. The van der Waals surface area contributed by atoms with Crippen LogP contribution < -0.4 is 5.73 Å². The lowest BCUT2D eigenvalue weighted by atomic mass is 10.1. The smallest absolute Gasteiger partial charge is 0.330 e. The molecule has 0 aromatic rings. The van der Waals surface area contributed by atoms with Gasteiger partial charge in [0.1, 0.15) is 6.54 Å². The van der Waals surface area contributed by atoms with Crippen LogP contribution in [0.2, 0.25) is 0 Å². The first-order chi connectivity index (χ1) is 7.35. The summed E-state index contributed by atoms with van der Waals surface area (Å²) < 4.78 is 36.9. The van der Waals surface area contributed by atoms with E-state index < -0.39 is 24.5 Å². The van der Waals surface area contributed by atoms with Gasteiger partial charge in [-0.3, -0.25) is 4.79 Å². The van der Waals surface area contributed by atoms with Gasteiger partial charge in [0.2, 0.25) is 5.91 Å². The van der Waals surface area contributed by atoms with Gasteiger partial charge in [-0.25, -0.2) is 0 Å². The Bertz CT molecular complexity index is 251. The maximum Gasteiger partial charge on any atom is 0.406 e. The summed E-state index contributed by atoms with van der Waals surface area (Å²) in [6.45, 7) is 0.809. The van der Waals surface area contributed by atoms with Crippen LogP contribution in [0.25, 0.3) is 0 Å². The third-order valence-electron chi connectivity index (χ3n) is 2.64. The van der Waals surface area contributed by atoms with E-state index in [-0.39, 0.29) is 6.04 Å². The SMILES string of the molecule is CC(CCN)C(=O)N(CC(F)(F)F)C1CC1. The first-order valence-electron chi connectivity index (χ1n) is 5.42. The van der Waals surface area contributed by atoms with Gasteiger partial charge in [0.15, 0.2) is 0 Å². The van der Waals surface area contributed by atoms with Gasteiger partial charge < -0.3 is 10.6 Å². The Morgan fingerprint density at radius 2 is 2.06 bits per heavy atom. The molecule has 16 heavy (non-hydrogen) atoms. The molecule has 1 saturated carbocycles. The van der Waals surface area contributed by atoms with Gasteiger partial charge in [0.05, 0.1) is 0 Å². The normalized spacial score (nSPS) is 18.3. The van der Waals surface area contributed by atoms with Crippen LogP contribution in [0.5, 0.6) is 0 Å². The monoisotopic (exact) mass is 238 g/mol. The summed E-state index contributed by atoms with van der Waals surface area (Å²) in [6, 6.07) is -0.214. The van der Waals surface area contributed by atoms with Crippen LogP contribution in [0.15, 0.2) is 0 Å². The van der Waals surface area contributed by atoms with Gasteiger partial charge in [0.25, 0.3) is 0 Å². The largest absolute Gasteiger partial charge is 0.406 e. The second-order valence-corrected chi connectivity index (χ2v) is 4.29. The third kappa shape index (κ3) is 4.00. The zero-order valence-electron chi connectivity index (χ0n) is 9.26. The van der Waals surface area contributed by atoms with Crippen LogP contribution in [0.3, 0.4) is 0 Å². The minimum absolute atomic E-state index is 0.214. The first kappa shape index (κ1) is 13.3. The van der Waals surface area contributed by atoms with Gasteiger partial charge in [-0.1, -0.05) is 6.92 Å². The molecule has 0 spiro atoms. The Kier molecular flexibility index (Phi) is 4.18. The predicted molar refractivity (Wildman–Crippen MR) is 53.6 cm³/mol. The summed E-state index contributed by atoms with van der Waals surface area (Å²) >= 11 is 0. The fourth-order valence-electron chi connectivity index (χ4n) is 1.62. The van der Waals surface area contributed by atoms with Gasteiger partial charge in [-0.05, 0) is 25.8 Å². The molecular formula is C10H17F3N2O. The van der Waals surface area contributed by atoms with Crippen molar-refractivity contribution in [2.75, 3.05) is 13.1 Å². The van der Waals surface area contributed by atoms with Crippen LogP contribution in [-0.2, 0) is 4.79 Å². The fourth-order valence-corrected chi connectivity index (χ4v) is 1.62. The number of hydrogen-bond acceptors (Lipinski definition) is 2. The van der Waals surface area contributed by atoms with Crippen LogP contribution in [-0.4, -0.2) is 36.1 Å². The number of nitrogens with zero attached hydrogens (tertiary/aromatic N) is 1. The minimum atomic E-state index is -4.32. The standard InChI is InChI=1S/C10H17F3N2O/c1-7(4-5-14)9(16)15(8-2-3-8)6-10(11,12)13/h7-8H,2-6,14H2,1H3. The molecule has 0 aromatic heterocycles. The third-order valence-corrected chi connectivity index (χ3v) is 2.64. The summed E-state index contributed by atoms with van der Waals surface area (Å²) in [5, 5.41) is 0. The molecule has 2 N–H and O–H groups in total. The molecule has 0 saturated heterocycles. The molecule has 0 aromatic carbocycles. The van der Waals surface area contributed by atoms with Gasteiger partial charge in [0, 0.05) is 12.0 Å². The first-order valence-corrected chi connectivity index (χ1v) is 5.42. The molecule has 1 unspecified atom stereocenters. The van der Waals surface area contributed by atoms with Crippen LogP contribution in [0.1, 0.15) is 26.2 Å². The number of alkyl halides is 3. The van der Waals surface area contributed by atoms with Crippen molar-refractivity contribution in [3.05, 3.63) is 0 Å². The van der Waals surface area contributed by atoms with Gasteiger partial charge >= 0.3 is 6.18 Å². The summed E-state index contributed by atoms with van der Waals surface area (Å²) in [6.07, 6.45) is -2.53. The van der Waals surface area contributed by atoms with E-state index in [0.29, 0.717) is 25.8 Å². The zero-order chi connectivity index (χ0) is 12.3. The maximum absolute atomic E-state index is 12.3. The Labute approximate surface area is 92.8 Å². The Hall–Kier alpha value is -0.780. The molecule has 1 aliphatic carbocycles. The van der Waals surface area contributed by atoms with E-state index in [1.165, 1.54) is 0 Å². The van der Waals surface area contributed by atoms with Crippen molar-refractivity contribution in [2.45, 2.75) is 38.4 Å². The van der Waals surface area contributed by atoms with E-state index in [0.717, 1.165) is 4.90 Å². The lowest BCUT2D eigenvalue weighted by Gasteiger charge is -2.26. The van der Waals surface area contributed by atoms with Crippen LogP contribution in [0.4, 0.5) is 13.2 Å². The summed E-state index contributed by atoms with van der Waals surface area (Å²) in [4.78, 5) is 12.7. The Balaban J connectivity index is 2.59. The molecule has 0 heterocycles. The van der Waals surface area contributed by atoms with Crippen molar-refractivity contribution in [3.63, 3.8) is 0 Å². The molecule has 1 amide bonds. The number of amides is 1. The Morgan fingerprint density at radius 3 is 2.44 bits per heavy atom. The van der Waals surface area contributed by atoms with Crippen LogP contribution in [0, 0.1) is 5.92 Å². The van der Waals surface area contributed by atoms with Crippen LogP contribution >= 0.6 is 0 Å². The highest BCUT2D eigenvalue weighted by atomic mass is 19.4. The maximum atomic E-state index is 12.3. The molecule has 3 nitrogen and oxygen atoms in total. The number of rotatable bonds is 5. The van der Waals surface area contributed by atoms with E-state index in [2.05, 4.69) is 0 Å². The highest BCUT2D eigenvalue weighted by molar-refractivity contribution is 5.79. The number of nitrogens with two attached hydrogens (primary N) is 1. The molecular weight excluding hydrogens is 221 g/mol. The van der Waals surface area contributed by atoms with Crippen molar-refractivity contribution in [1.29, 1.82) is 0 Å². The van der Waals surface area contributed by atoms with Crippen molar-refractivity contribution < 1.29 is 18.0 Å². The van der Waals surface area contributed by atoms with Crippen molar-refractivity contribution in [1.82, 2.24) is 4.90 Å². The molecule has 1 aliphatic rings. The number of carbonyl (C=O) groups excluding carboxylic acids is 1. The summed E-state index contributed by atoms with van der Waals surface area (Å²) in [5.74, 6) is -0.849. The summed E-state index contributed by atoms with van der Waals surface area (Å²) in [7, 11) is 0. The second kappa shape index (κ2) is 5.03. The minimum Gasteiger partial charge on any atom is -0.330 e. The molecule has 1 atom stereocenters. The van der Waals surface area contributed by atoms with Crippen molar-refractivity contribution in [2.24, 2.45) is 11.7 Å². The summed E-state index contributed by atoms with van der Waals surface area (Å²) in [5.41, 5.74) is 5.29. The van der Waals surface area contributed by atoms with E-state index in [1.807, 2.05) is 0 Å². The predicted octanol–water partition coefficient (Wildman–Crippen LogP) is 1.52. The highest BCUT2D eigenvalue weighted by Crippen LogP contribution is 2.31. The average Bonchev–Trinajstić information content (AvgIpc) is 2.95. The molecule has 94 valence electrons. The zero-order valence-corrected chi connectivity index (χ0v) is 9.26.